The van der Waals surface area contributed by atoms with Gasteiger partial charge >= 0.3 is 0 Å². The third-order valence-corrected chi connectivity index (χ3v) is 12.2. The van der Waals surface area contributed by atoms with Crippen molar-refractivity contribution in [2.75, 3.05) is 4.90 Å². The van der Waals surface area contributed by atoms with Crippen molar-refractivity contribution in [2.24, 2.45) is 0 Å². The molecule has 0 spiro atoms. The minimum atomic E-state index is 0.906. The van der Waals surface area contributed by atoms with Crippen LogP contribution >= 0.6 is 0 Å². The number of furan rings is 2. The zero-order valence-electron chi connectivity index (χ0n) is 32.2. The van der Waals surface area contributed by atoms with Crippen LogP contribution in [0.25, 0.3) is 94.1 Å². The first-order chi connectivity index (χ1) is 29.2. The predicted molar refractivity (Wildman–Crippen MR) is 247 cm³/mol. The molecule has 12 rings (SSSR count). The van der Waals surface area contributed by atoms with Crippen molar-refractivity contribution < 1.29 is 8.83 Å². The van der Waals surface area contributed by atoms with Gasteiger partial charge < -0.3 is 13.7 Å². The van der Waals surface area contributed by atoms with Gasteiger partial charge in [-0.15, -0.1) is 0 Å². The average molecular weight is 756 g/mol. The van der Waals surface area contributed by atoms with Gasteiger partial charge in [-0.25, -0.2) is 0 Å². The summed E-state index contributed by atoms with van der Waals surface area (Å²) in [6.07, 6.45) is 6.71. The molecule has 0 bridgehead atoms. The summed E-state index contributed by atoms with van der Waals surface area (Å²) in [6, 6.07) is 67.5. The van der Waals surface area contributed by atoms with Gasteiger partial charge in [0, 0.05) is 44.0 Å². The molecular formula is C56H37NO2. The highest BCUT2D eigenvalue weighted by molar-refractivity contribution is 6.11. The number of fused-ring (bicyclic) bond motifs is 9. The third kappa shape index (κ3) is 5.50. The summed E-state index contributed by atoms with van der Waals surface area (Å²) in [4.78, 5) is 2.43. The minimum absolute atomic E-state index is 0.906. The molecule has 59 heavy (non-hydrogen) atoms. The SMILES string of the molecule is C1=Cc2c(N(c3ccc(-c4ccc5oc6ccccc6c5c4)cc3)c3ccc(-c4ccccc4-c4cccc5c4oc4ccccc45)cc3)cc3ccccc3c2CC1. The summed E-state index contributed by atoms with van der Waals surface area (Å²) in [5.41, 5.74) is 16.6. The van der Waals surface area contributed by atoms with E-state index in [0.29, 0.717) is 0 Å². The van der Waals surface area contributed by atoms with Crippen LogP contribution in [0.3, 0.4) is 0 Å². The fourth-order valence-electron chi connectivity index (χ4n) is 9.35. The third-order valence-electron chi connectivity index (χ3n) is 12.2. The Bertz CT molecular complexity index is 3440. The van der Waals surface area contributed by atoms with Crippen LogP contribution in [0.2, 0.25) is 0 Å². The second kappa shape index (κ2) is 13.5. The molecule has 1 aliphatic rings. The van der Waals surface area contributed by atoms with Crippen molar-refractivity contribution in [1.29, 1.82) is 0 Å². The maximum atomic E-state index is 6.51. The molecule has 0 saturated carbocycles. The van der Waals surface area contributed by atoms with Crippen LogP contribution in [0.4, 0.5) is 17.1 Å². The van der Waals surface area contributed by atoms with E-state index in [2.05, 4.69) is 181 Å². The number of hydrogen-bond donors (Lipinski definition) is 0. The highest BCUT2D eigenvalue weighted by Crippen LogP contribution is 2.45. The van der Waals surface area contributed by atoms with Crippen molar-refractivity contribution in [3.05, 3.63) is 205 Å². The van der Waals surface area contributed by atoms with Gasteiger partial charge in [-0.2, -0.15) is 0 Å². The molecule has 0 amide bonds. The minimum Gasteiger partial charge on any atom is -0.456 e. The first-order valence-electron chi connectivity index (χ1n) is 20.4. The van der Waals surface area contributed by atoms with Gasteiger partial charge in [-0.05, 0) is 112 Å². The number of benzene rings is 9. The first kappa shape index (κ1) is 33.5. The predicted octanol–water partition coefficient (Wildman–Crippen LogP) is 16.1. The number of nitrogens with zero attached hydrogens (tertiary/aromatic N) is 1. The molecule has 1 aliphatic carbocycles. The molecule has 2 heterocycles. The Labute approximate surface area is 341 Å². The number of para-hydroxylation sites is 3. The van der Waals surface area contributed by atoms with Crippen LogP contribution in [-0.2, 0) is 6.42 Å². The molecule has 0 N–H and O–H groups in total. The summed E-state index contributed by atoms with van der Waals surface area (Å²) < 4.78 is 12.7. The summed E-state index contributed by atoms with van der Waals surface area (Å²) in [6.45, 7) is 0. The van der Waals surface area contributed by atoms with Crippen LogP contribution in [0.5, 0.6) is 0 Å². The van der Waals surface area contributed by atoms with Crippen molar-refractivity contribution in [1.82, 2.24) is 0 Å². The van der Waals surface area contributed by atoms with Gasteiger partial charge in [0.15, 0.2) is 0 Å². The van der Waals surface area contributed by atoms with Gasteiger partial charge in [0.05, 0.1) is 5.69 Å². The van der Waals surface area contributed by atoms with Gasteiger partial charge in [0.2, 0.25) is 0 Å². The Hall–Kier alpha value is -7.62. The quantitative estimate of drug-likeness (QED) is 0.169. The lowest BCUT2D eigenvalue weighted by molar-refractivity contribution is 0.669. The van der Waals surface area contributed by atoms with Gasteiger partial charge in [-0.3, -0.25) is 0 Å². The summed E-state index contributed by atoms with van der Waals surface area (Å²) >= 11 is 0. The molecule has 0 aliphatic heterocycles. The smallest absolute Gasteiger partial charge is 0.143 e. The number of anilines is 3. The zero-order chi connectivity index (χ0) is 38.9. The van der Waals surface area contributed by atoms with Crippen LogP contribution in [0.1, 0.15) is 17.5 Å². The molecule has 278 valence electrons. The molecule has 0 atom stereocenters. The second-order valence-corrected chi connectivity index (χ2v) is 15.5. The van der Waals surface area contributed by atoms with Crippen LogP contribution in [0.15, 0.2) is 203 Å². The largest absolute Gasteiger partial charge is 0.456 e. The number of allylic oxidation sites excluding steroid dienone is 1. The first-order valence-corrected chi connectivity index (χ1v) is 20.4. The highest BCUT2D eigenvalue weighted by atomic mass is 16.3. The molecule has 11 aromatic rings. The molecule has 0 saturated heterocycles. The van der Waals surface area contributed by atoms with Crippen LogP contribution < -0.4 is 4.90 Å². The van der Waals surface area contributed by atoms with E-state index >= 15 is 0 Å². The van der Waals surface area contributed by atoms with Gasteiger partial charge in [0.25, 0.3) is 0 Å². The van der Waals surface area contributed by atoms with Crippen molar-refractivity contribution in [2.45, 2.75) is 12.8 Å². The highest BCUT2D eigenvalue weighted by Gasteiger charge is 2.22. The van der Waals surface area contributed by atoms with E-state index < -0.39 is 0 Å². The van der Waals surface area contributed by atoms with Gasteiger partial charge in [0.1, 0.15) is 22.3 Å². The number of rotatable bonds is 6. The second-order valence-electron chi connectivity index (χ2n) is 15.5. The fourth-order valence-corrected chi connectivity index (χ4v) is 9.35. The molecule has 9 aromatic carbocycles. The lowest BCUT2D eigenvalue weighted by atomic mass is 9.89. The van der Waals surface area contributed by atoms with Crippen LogP contribution in [0, 0.1) is 0 Å². The topological polar surface area (TPSA) is 29.5 Å². The number of aryl methyl sites for hydroxylation is 1. The molecule has 0 unspecified atom stereocenters. The molecule has 3 nitrogen and oxygen atoms in total. The van der Waals surface area contributed by atoms with Gasteiger partial charge in [-0.1, -0.05) is 146 Å². The normalized spacial score (nSPS) is 12.5. The molecule has 3 heteroatoms. The van der Waals surface area contributed by atoms with E-state index in [9.17, 15) is 0 Å². The average Bonchev–Trinajstić information content (AvgIpc) is 3.88. The Morgan fingerprint density at radius 3 is 1.80 bits per heavy atom. The van der Waals surface area contributed by atoms with Crippen LogP contribution in [-0.4, -0.2) is 0 Å². The monoisotopic (exact) mass is 755 g/mol. The summed E-state index contributed by atoms with van der Waals surface area (Å²) in [7, 11) is 0. The Morgan fingerprint density at radius 2 is 1.00 bits per heavy atom. The van der Waals surface area contributed by atoms with E-state index in [1.54, 1.807) is 0 Å². The standard InChI is InChI=1S/C56H37NO2/c1-2-14-43-39(12-1)35-52(46-17-6-5-15-44(43)46)57(40-29-24-36(25-30-40)38-28-33-55-51(34-38)48-19-8-9-22-53(48)58-55)41-31-26-37(27-32-41)42-13-3-4-16-45(42)49-20-11-21-50-47-18-7-10-23-54(47)59-56(49)50/h1-4,6-14,16-35H,5,15H2. The Balaban J connectivity index is 0.983. The van der Waals surface area contributed by atoms with E-state index in [1.165, 1.54) is 27.6 Å². The lowest BCUT2D eigenvalue weighted by Crippen LogP contribution is -2.13. The van der Waals surface area contributed by atoms with Crippen molar-refractivity contribution >= 4 is 77.8 Å². The van der Waals surface area contributed by atoms with E-state index in [0.717, 1.165) is 101 Å². The van der Waals surface area contributed by atoms with E-state index in [1.807, 2.05) is 24.3 Å². The van der Waals surface area contributed by atoms with E-state index in [4.69, 9.17) is 8.83 Å². The maximum absolute atomic E-state index is 6.51. The zero-order valence-corrected chi connectivity index (χ0v) is 32.2. The molecular weight excluding hydrogens is 719 g/mol. The fraction of sp³-hybridized carbons (Fsp3) is 0.0357. The molecule has 0 fully saturated rings. The molecule has 2 aromatic heterocycles. The number of hydrogen-bond acceptors (Lipinski definition) is 3. The summed E-state index contributed by atoms with van der Waals surface area (Å²) in [5, 5.41) is 7.13. The molecule has 0 radical (unpaired) electrons. The Kier molecular flexibility index (Phi) is 7.67. The summed E-state index contributed by atoms with van der Waals surface area (Å²) in [5.74, 6) is 0. The Morgan fingerprint density at radius 1 is 0.407 bits per heavy atom. The van der Waals surface area contributed by atoms with E-state index in [-0.39, 0.29) is 0 Å². The lowest BCUT2D eigenvalue weighted by Gasteiger charge is -2.30. The van der Waals surface area contributed by atoms with Crippen molar-refractivity contribution in [3.8, 4) is 33.4 Å². The maximum Gasteiger partial charge on any atom is 0.143 e. The van der Waals surface area contributed by atoms with Crippen molar-refractivity contribution in [3.63, 3.8) is 0 Å².